The first-order valence-corrected chi connectivity index (χ1v) is 6.94. The van der Waals surface area contributed by atoms with Crippen LogP contribution in [0.15, 0.2) is 41.2 Å². The predicted molar refractivity (Wildman–Crippen MR) is 84.7 cm³/mol. The third-order valence-corrected chi connectivity index (χ3v) is 3.53. The van der Waals surface area contributed by atoms with Gasteiger partial charge in [0.25, 0.3) is 5.56 Å². The lowest BCUT2D eigenvalue weighted by Crippen LogP contribution is -2.34. The van der Waals surface area contributed by atoms with Crippen molar-refractivity contribution in [2.75, 3.05) is 5.32 Å². The Labute approximate surface area is 128 Å². The lowest BCUT2D eigenvalue weighted by atomic mass is 10.2. The van der Waals surface area contributed by atoms with E-state index in [4.69, 9.17) is 5.26 Å². The highest BCUT2D eigenvalue weighted by atomic mass is 16.2. The molecule has 2 rings (SSSR count). The minimum atomic E-state index is -0.706. The van der Waals surface area contributed by atoms with Crippen LogP contribution in [0.2, 0.25) is 0 Å². The van der Waals surface area contributed by atoms with Crippen molar-refractivity contribution in [3.8, 4) is 6.07 Å². The van der Waals surface area contributed by atoms with Crippen LogP contribution in [0.25, 0.3) is 0 Å². The number of aryl methyl sites for hydroxylation is 2. The number of nitrogens with one attached hydrogen (secondary N) is 1. The molecule has 1 amide bonds. The van der Waals surface area contributed by atoms with Gasteiger partial charge in [-0.05, 0) is 45.0 Å². The van der Waals surface area contributed by atoms with Gasteiger partial charge in [-0.25, -0.2) is 0 Å². The van der Waals surface area contributed by atoms with Gasteiger partial charge in [-0.2, -0.15) is 5.26 Å². The van der Waals surface area contributed by atoms with Gasteiger partial charge in [0.05, 0.1) is 0 Å². The van der Waals surface area contributed by atoms with Crippen molar-refractivity contribution in [1.82, 2.24) is 4.57 Å². The summed E-state index contributed by atoms with van der Waals surface area (Å²) in [6, 6.07) is 11.7. The van der Waals surface area contributed by atoms with E-state index in [1.165, 1.54) is 10.6 Å². The Balaban J connectivity index is 2.30. The van der Waals surface area contributed by atoms with Gasteiger partial charge in [-0.3, -0.25) is 14.2 Å². The first-order valence-electron chi connectivity index (χ1n) is 6.94. The van der Waals surface area contributed by atoms with Crippen molar-refractivity contribution >= 4 is 11.6 Å². The van der Waals surface area contributed by atoms with Crippen LogP contribution in [0.3, 0.4) is 0 Å². The molecule has 0 saturated heterocycles. The number of pyridine rings is 1. The first kappa shape index (κ1) is 15.5. The lowest BCUT2D eigenvalue weighted by molar-refractivity contribution is -0.118. The molecular formula is C17H17N3O2. The fourth-order valence-corrected chi connectivity index (χ4v) is 2.21. The molecular weight excluding hydrogens is 278 g/mol. The normalized spacial score (nSPS) is 11.5. The zero-order valence-corrected chi connectivity index (χ0v) is 12.8. The highest BCUT2D eigenvalue weighted by molar-refractivity contribution is 5.93. The molecule has 1 aromatic heterocycles. The molecule has 0 saturated carbocycles. The number of aromatic nitrogens is 1. The average molecular weight is 295 g/mol. The highest BCUT2D eigenvalue weighted by Crippen LogP contribution is 2.13. The molecule has 0 aliphatic carbocycles. The molecule has 0 spiro atoms. The number of hydrogen-bond donors (Lipinski definition) is 1. The second kappa shape index (κ2) is 6.27. The van der Waals surface area contributed by atoms with Crippen molar-refractivity contribution in [2.45, 2.75) is 26.8 Å². The number of hydrogen-bond acceptors (Lipinski definition) is 3. The van der Waals surface area contributed by atoms with E-state index < -0.39 is 11.6 Å². The van der Waals surface area contributed by atoms with E-state index in [0.29, 0.717) is 11.4 Å². The molecule has 0 radical (unpaired) electrons. The molecule has 0 aliphatic heterocycles. The van der Waals surface area contributed by atoms with Gasteiger partial charge in [0, 0.05) is 11.4 Å². The van der Waals surface area contributed by atoms with E-state index >= 15 is 0 Å². The molecule has 22 heavy (non-hydrogen) atoms. The van der Waals surface area contributed by atoms with Gasteiger partial charge >= 0.3 is 0 Å². The van der Waals surface area contributed by atoms with Crippen LogP contribution in [0.5, 0.6) is 0 Å². The van der Waals surface area contributed by atoms with Gasteiger partial charge in [-0.1, -0.05) is 17.7 Å². The van der Waals surface area contributed by atoms with Gasteiger partial charge in [0.15, 0.2) is 0 Å². The molecule has 1 heterocycles. The van der Waals surface area contributed by atoms with Crippen molar-refractivity contribution in [1.29, 1.82) is 5.26 Å². The number of amides is 1. The van der Waals surface area contributed by atoms with Crippen molar-refractivity contribution < 1.29 is 4.79 Å². The number of nitrogens with zero attached hydrogens (tertiary/aromatic N) is 2. The second-order valence-electron chi connectivity index (χ2n) is 5.21. The summed E-state index contributed by atoms with van der Waals surface area (Å²) in [6.45, 7) is 5.34. The minimum absolute atomic E-state index is 0.0283. The standard InChI is InChI=1S/C17H17N3O2/c1-11-4-8-15(9-5-11)19-16(21)13(3)20-12(2)6-7-14(10-18)17(20)22/h4-9,13H,1-3H3,(H,19,21). The maximum absolute atomic E-state index is 12.3. The molecule has 1 aromatic carbocycles. The minimum Gasteiger partial charge on any atom is -0.324 e. The monoisotopic (exact) mass is 295 g/mol. The maximum Gasteiger partial charge on any atom is 0.269 e. The summed E-state index contributed by atoms with van der Waals surface area (Å²) < 4.78 is 1.34. The third kappa shape index (κ3) is 3.07. The zero-order valence-electron chi connectivity index (χ0n) is 12.8. The topological polar surface area (TPSA) is 74.9 Å². The smallest absolute Gasteiger partial charge is 0.269 e. The molecule has 112 valence electrons. The Morgan fingerprint density at radius 1 is 1.18 bits per heavy atom. The quantitative estimate of drug-likeness (QED) is 0.945. The average Bonchev–Trinajstić information content (AvgIpc) is 2.49. The van der Waals surface area contributed by atoms with Crippen molar-refractivity contribution in [3.63, 3.8) is 0 Å². The third-order valence-electron chi connectivity index (χ3n) is 3.53. The van der Waals surface area contributed by atoms with E-state index in [2.05, 4.69) is 5.32 Å². The Kier molecular flexibility index (Phi) is 4.42. The molecule has 0 bridgehead atoms. The number of benzene rings is 1. The van der Waals surface area contributed by atoms with Gasteiger partial charge in [0.2, 0.25) is 5.91 Å². The Bertz CT molecular complexity index is 798. The van der Waals surface area contributed by atoms with E-state index in [1.54, 1.807) is 32.0 Å². The Morgan fingerprint density at radius 3 is 2.41 bits per heavy atom. The number of carbonyl (C=O) groups excluding carboxylic acids is 1. The van der Waals surface area contributed by atoms with E-state index in [1.807, 2.05) is 25.1 Å². The number of anilines is 1. The number of carbonyl (C=O) groups is 1. The number of rotatable bonds is 3. The summed E-state index contributed by atoms with van der Waals surface area (Å²) >= 11 is 0. The van der Waals surface area contributed by atoms with Gasteiger partial charge < -0.3 is 5.32 Å². The predicted octanol–water partition coefficient (Wildman–Crippen LogP) is 2.54. The van der Waals surface area contributed by atoms with E-state index in [9.17, 15) is 9.59 Å². The van der Waals surface area contributed by atoms with Crippen molar-refractivity contribution in [2.24, 2.45) is 0 Å². The molecule has 1 N–H and O–H groups in total. The molecule has 2 aromatic rings. The van der Waals surface area contributed by atoms with Gasteiger partial charge in [0.1, 0.15) is 17.7 Å². The highest BCUT2D eigenvalue weighted by Gasteiger charge is 2.19. The molecule has 1 unspecified atom stereocenters. The van der Waals surface area contributed by atoms with Crippen LogP contribution in [-0.2, 0) is 4.79 Å². The molecule has 0 aliphatic rings. The second-order valence-corrected chi connectivity index (χ2v) is 5.21. The fraction of sp³-hybridized carbons (Fsp3) is 0.235. The van der Waals surface area contributed by atoms with Crippen LogP contribution in [0, 0.1) is 25.2 Å². The van der Waals surface area contributed by atoms with Crippen molar-refractivity contribution in [3.05, 3.63) is 63.6 Å². The largest absolute Gasteiger partial charge is 0.324 e. The molecule has 0 fully saturated rings. The maximum atomic E-state index is 12.3. The van der Waals surface area contributed by atoms with Crippen LogP contribution >= 0.6 is 0 Å². The first-order chi connectivity index (χ1) is 10.4. The molecule has 1 atom stereocenters. The number of nitriles is 1. The van der Waals surface area contributed by atoms with Crippen LogP contribution in [-0.4, -0.2) is 10.5 Å². The summed E-state index contributed by atoms with van der Waals surface area (Å²) in [4.78, 5) is 24.6. The summed E-state index contributed by atoms with van der Waals surface area (Å²) in [5, 5.41) is 11.7. The summed E-state index contributed by atoms with van der Waals surface area (Å²) in [7, 11) is 0. The zero-order chi connectivity index (χ0) is 16.3. The van der Waals surface area contributed by atoms with Crippen LogP contribution in [0.1, 0.15) is 29.8 Å². The van der Waals surface area contributed by atoms with Crippen LogP contribution in [0.4, 0.5) is 5.69 Å². The fourth-order valence-electron chi connectivity index (χ4n) is 2.21. The molecule has 5 heteroatoms. The Morgan fingerprint density at radius 2 is 1.82 bits per heavy atom. The lowest BCUT2D eigenvalue weighted by Gasteiger charge is -2.18. The van der Waals surface area contributed by atoms with Gasteiger partial charge in [-0.15, -0.1) is 0 Å². The SMILES string of the molecule is Cc1ccc(NC(=O)C(C)n2c(C)ccc(C#N)c2=O)cc1. The van der Waals surface area contributed by atoms with E-state index in [0.717, 1.165) is 5.56 Å². The Hall–Kier alpha value is -2.87. The van der Waals surface area contributed by atoms with Crippen LogP contribution < -0.4 is 10.9 Å². The molecule has 5 nitrogen and oxygen atoms in total. The summed E-state index contributed by atoms with van der Waals surface area (Å²) in [5.41, 5.74) is 1.98. The summed E-state index contributed by atoms with van der Waals surface area (Å²) in [6.07, 6.45) is 0. The van der Waals surface area contributed by atoms with E-state index in [-0.39, 0.29) is 11.5 Å². The summed E-state index contributed by atoms with van der Waals surface area (Å²) in [5.74, 6) is -0.302.